The first-order valence-electron chi connectivity index (χ1n) is 25.3. The van der Waals surface area contributed by atoms with Crippen molar-refractivity contribution in [1.29, 1.82) is 0 Å². The van der Waals surface area contributed by atoms with E-state index in [1.807, 2.05) is 36.4 Å². The molecule has 4 heterocycles. The third kappa shape index (κ3) is 6.19. The van der Waals surface area contributed by atoms with Gasteiger partial charge in [0.25, 0.3) is 0 Å². The van der Waals surface area contributed by atoms with Crippen molar-refractivity contribution in [3.8, 4) is 11.1 Å². The molecule has 0 fully saturated rings. The van der Waals surface area contributed by atoms with Crippen LogP contribution in [0, 0.1) is 6.57 Å². The summed E-state index contributed by atoms with van der Waals surface area (Å²) >= 11 is 0. The van der Waals surface area contributed by atoms with Crippen LogP contribution >= 0.6 is 0 Å². The molecule has 0 aliphatic heterocycles. The van der Waals surface area contributed by atoms with E-state index in [1.165, 1.54) is 27.1 Å². The van der Waals surface area contributed by atoms with Crippen molar-refractivity contribution >= 4 is 143 Å². The Kier molecular flexibility index (Phi) is 8.71. The summed E-state index contributed by atoms with van der Waals surface area (Å²) in [6, 6.07) is 86.4. The van der Waals surface area contributed by atoms with Gasteiger partial charge in [0.05, 0.1) is 34.5 Å². The number of benzene rings is 12. The largest absolute Gasteiger partial charge is 0.454 e. The van der Waals surface area contributed by atoms with E-state index < -0.39 is 0 Å². The normalized spacial score (nSPS) is 12.0. The van der Waals surface area contributed by atoms with Crippen LogP contribution in [-0.2, 0) is 0 Å². The van der Waals surface area contributed by atoms with Gasteiger partial charge in [-0.2, -0.15) is 0 Å². The molecule has 12 aromatic carbocycles. The first kappa shape index (κ1) is 41.3. The SMILES string of the molecule is [C-]#[N+]c1ccc(-c2cc3c4cc5ccc(N(c6ccccc6)c6cccc7c6oc6ccccc67)cc5cc4n4c5cc6cc(N(c7ccccc7)c7cccc8c7oc7ccccc78)ccc6cc5c(c2)c34)cc1. The summed E-state index contributed by atoms with van der Waals surface area (Å²) in [5.41, 5.74) is 15.8. The summed E-state index contributed by atoms with van der Waals surface area (Å²) in [5.74, 6) is 0. The lowest BCUT2D eigenvalue weighted by Crippen LogP contribution is -2.10. The number of para-hydroxylation sites is 6. The van der Waals surface area contributed by atoms with Crippen LogP contribution in [0.2, 0.25) is 0 Å². The monoisotopic (exact) mass is 956 g/mol. The van der Waals surface area contributed by atoms with Crippen molar-refractivity contribution in [3.63, 3.8) is 0 Å². The van der Waals surface area contributed by atoms with E-state index in [4.69, 9.17) is 15.4 Å². The minimum atomic E-state index is 0.628. The lowest BCUT2D eigenvalue weighted by atomic mass is 9.97. The molecule has 0 bridgehead atoms. The number of rotatable bonds is 7. The summed E-state index contributed by atoms with van der Waals surface area (Å²) in [4.78, 5) is 8.33. The van der Waals surface area contributed by atoms with E-state index >= 15 is 0 Å². The molecule has 0 radical (unpaired) electrons. The van der Waals surface area contributed by atoms with Crippen LogP contribution in [0.25, 0.3) is 119 Å². The highest BCUT2D eigenvalue weighted by Crippen LogP contribution is 2.48. The first-order valence-corrected chi connectivity index (χ1v) is 25.3. The number of aromatic nitrogens is 1. The molecular weight excluding hydrogens is 917 g/mol. The van der Waals surface area contributed by atoms with Crippen molar-refractivity contribution in [2.45, 2.75) is 0 Å². The zero-order chi connectivity index (χ0) is 49.3. The molecule has 16 aromatic rings. The van der Waals surface area contributed by atoms with Crippen LogP contribution < -0.4 is 9.80 Å². The van der Waals surface area contributed by atoms with Gasteiger partial charge >= 0.3 is 0 Å². The smallest absolute Gasteiger partial charge is 0.187 e. The number of fused-ring (bicyclic) bond motifs is 14. The van der Waals surface area contributed by atoms with Gasteiger partial charge in [0, 0.05) is 65.8 Å². The van der Waals surface area contributed by atoms with E-state index in [9.17, 15) is 0 Å². The number of anilines is 6. The fraction of sp³-hybridized carbons (Fsp3) is 0. The van der Waals surface area contributed by atoms with Crippen LogP contribution in [0.15, 0.2) is 251 Å². The van der Waals surface area contributed by atoms with Gasteiger partial charge in [-0.1, -0.05) is 133 Å². The van der Waals surface area contributed by atoms with Crippen LogP contribution in [0.1, 0.15) is 0 Å². The average molecular weight is 957 g/mol. The zero-order valence-electron chi connectivity index (χ0n) is 40.2. The molecule has 6 nitrogen and oxygen atoms in total. The lowest BCUT2D eigenvalue weighted by molar-refractivity contribution is 0.668. The molecule has 0 saturated heterocycles. The summed E-state index contributed by atoms with van der Waals surface area (Å²) in [5, 5.41) is 13.7. The lowest BCUT2D eigenvalue weighted by Gasteiger charge is -2.26. The number of hydrogen-bond donors (Lipinski definition) is 0. The van der Waals surface area contributed by atoms with Crippen LogP contribution in [0.3, 0.4) is 0 Å². The second-order valence-electron chi connectivity index (χ2n) is 19.6. The predicted octanol–water partition coefficient (Wildman–Crippen LogP) is 20.1. The van der Waals surface area contributed by atoms with E-state index in [0.29, 0.717) is 5.69 Å². The van der Waals surface area contributed by atoms with E-state index in [0.717, 1.165) is 122 Å². The van der Waals surface area contributed by atoms with Gasteiger partial charge < -0.3 is 23.0 Å². The van der Waals surface area contributed by atoms with Gasteiger partial charge in [0.15, 0.2) is 16.9 Å². The fourth-order valence-corrected chi connectivity index (χ4v) is 12.0. The molecule has 0 atom stereocenters. The average Bonchev–Trinajstić information content (AvgIpc) is 4.24. The second kappa shape index (κ2) is 15.8. The standard InChI is InChI=1S/C69H40N4O2/c1-70-48-30-26-42(27-31-48)47-38-59-57-36-43-28-32-51(71(49-14-4-2-5-15-49)61-22-12-20-55-53-18-8-10-24-65(53)74-68(55)61)34-45(43)40-63(57)73-64-41-46-35-52(33-29-44(46)37-58(64)60(39-47)67(59)73)72(50-16-6-3-7-17-50)62-23-13-21-56-54-19-9-11-25-66(54)75-69(56)62/h2-41H. The number of nitrogens with zero attached hydrogens (tertiary/aromatic N) is 4. The van der Waals surface area contributed by atoms with Crippen molar-refractivity contribution in [2.75, 3.05) is 9.80 Å². The Morgan fingerprint density at radius 3 is 1.29 bits per heavy atom. The maximum Gasteiger partial charge on any atom is 0.187 e. The highest BCUT2D eigenvalue weighted by atomic mass is 16.3. The Balaban J connectivity index is 0.933. The first-order chi connectivity index (χ1) is 37.1. The fourth-order valence-electron chi connectivity index (χ4n) is 12.0. The van der Waals surface area contributed by atoms with Crippen LogP contribution in [-0.4, -0.2) is 4.40 Å². The molecule has 0 spiro atoms. The third-order valence-corrected chi connectivity index (χ3v) is 15.4. The van der Waals surface area contributed by atoms with Gasteiger partial charge in [-0.25, -0.2) is 4.85 Å². The Labute approximate surface area is 429 Å². The quantitative estimate of drug-likeness (QED) is 0.149. The molecule has 0 aliphatic carbocycles. The van der Waals surface area contributed by atoms with Crippen LogP contribution in [0.4, 0.5) is 39.8 Å². The maximum atomic E-state index is 7.64. The minimum Gasteiger partial charge on any atom is -0.454 e. The molecule has 4 aromatic heterocycles. The predicted molar refractivity (Wildman–Crippen MR) is 312 cm³/mol. The maximum absolute atomic E-state index is 7.64. The molecule has 0 saturated carbocycles. The van der Waals surface area contributed by atoms with Crippen molar-refractivity contribution in [2.24, 2.45) is 0 Å². The molecule has 75 heavy (non-hydrogen) atoms. The Hall–Kier alpha value is -10.4. The van der Waals surface area contributed by atoms with Crippen molar-refractivity contribution in [3.05, 3.63) is 254 Å². The molecule has 0 amide bonds. The van der Waals surface area contributed by atoms with Gasteiger partial charge in [-0.15, -0.1) is 0 Å². The van der Waals surface area contributed by atoms with Crippen molar-refractivity contribution < 1.29 is 8.83 Å². The highest BCUT2D eigenvalue weighted by Gasteiger charge is 2.24. The van der Waals surface area contributed by atoms with Crippen LogP contribution in [0.5, 0.6) is 0 Å². The van der Waals surface area contributed by atoms with Crippen molar-refractivity contribution in [1.82, 2.24) is 4.40 Å². The second-order valence-corrected chi connectivity index (χ2v) is 19.6. The number of hydrogen-bond acceptors (Lipinski definition) is 4. The highest BCUT2D eigenvalue weighted by molar-refractivity contribution is 6.27. The van der Waals surface area contributed by atoms with E-state index in [2.05, 4.69) is 225 Å². The van der Waals surface area contributed by atoms with Gasteiger partial charge in [0.1, 0.15) is 11.2 Å². The molecule has 0 aliphatic rings. The van der Waals surface area contributed by atoms with Gasteiger partial charge in [-0.05, 0) is 142 Å². The molecule has 0 unspecified atom stereocenters. The molecule has 348 valence electrons. The summed E-state index contributed by atoms with van der Waals surface area (Å²) in [6.07, 6.45) is 0. The summed E-state index contributed by atoms with van der Waals surface area (Å²) < 4.78 is 15.8. The zero-order valence-corrected chi connectivity index (χ0v) is 40.2. The van der Waals surface area contributed by atoms with E-state index in [-0.39, 0.29) is 0 Å². The topological polar surface area (TPSA) is 41.5 Å². The number of furan rings is 2. The van der Waals surface area contributed by atoms with E-state index in [1.54, 1.807) is 0 Å². The third-order valence-electron chi connectivity index (χ3n) is 15.4. The molecule has 6 heteroatoms. The Bertz CT molecular complexity index is 4740. The van der Waals surface area contributed by atoms with Gasteiger partial charge in [0.2, 0.25) is 0 Å². The molecule has 0 N–H and O–H groups in total. The Morgan fingerprint density at radius 1 is 0.333 bits per heavy atom. The minimum absolute atomic E-state index is 0.628. The van der Waals surface area contributed by atoms with Gasteiger partial charge in [-0.3, -0.25) is 0 Å². The summed E-state index contributed by atoms with van der Waals surface area (Å²) in [6.45, 7) is 7.64. The summed E-state index contributed by atoms with van der Waals surface area (Å²) in [7, 11) is 0. The molecule has 16 rings (SSSR count). The Morgan fingerprint density at radius 2 is 0.800 bits per heavy atom. The molecular formula is C69H40N4O2.